The summed E-state index contributed by atoms with van der Waals surface area (Å²) < 4.78 is 12.7. The van der Waals surface area contributed by atoms with Gasteiger partial charge in [0.15, 0.2) is 0 Å². The lowest BCUT2D eigenvalue weighted by molar-refractivity contribution is -0.123. The topological polar surface area (TPSA) is 32.3 Å². The molecule has 1 aromatic rings. The summed E-state index contributed by atoms with van der Waals surface area (Å²) in [6.07, 6.45) is 1.18. The summed E-state index contributed by atoms with van der Waals surface area (Å²) in [4.78, 5) is 11.8. The number of anilines is 1. The third-order valence-corrected chi connectivity index (χ3v) is 2.85. The van der Waals surface area contributed by atoms with E-state index < -0.39 is 0 Å². The highest BCUT2D eigenvalue weighted by atomic mass is 19.2. The largest absolute Gasteiger partial charge is 0.326 e. The Hall–Kier alpha value is -1.42. The number of rotatable bonds is 2. The first-order valence-corrected chi connectivity index (χ1v) is 5.52. The number of nitrogens with one attached hydrogen (secondary N) is 1. The zero-order valence-corrected chi connectivity index (χ0v) is 9.03. The molecule has 1 aromatic carbocycles. The second kappa shape index (κ2) is 5.07. The van der Waals surface area contributed by atoms with Gasteiger partial charge in [-0.25, -0.2) is 0 Å². The lowest BCUT2D eigenvalue weighted by atomic mass is 9.97. The van der Waals surface area contributed by atoms with Crippen molar-refractivity contribution in [1.29, 1.82) is 0 Å². The van der Waals surface area contributed by atoms with Crippen LogP contribution in [0.5, 0.6) is 0 Å². The lowest BCUT2D eigenvalue weighted by Gasteiger charge is -2.24. The fourth-order valence-corrected chi connectivity index (χ4v) is 1.88. The average molecular weight is 222 g/mol. The molecule has 0 aromatic heterocycles. The number of nitrogens with zero attached hydrogens (tertiary/aromatic N) is 1. The van der Waals surface area contributed by atoms with Gasteiger partial charge in [0, 0.05) is 24.7 Å². The minimum absolute atomic E-state index is 0.000648. The van der Waals surface area contributed by atoms with E-state index in [0.717, 1.165) is 10.8 Å². The van der Waals surface area contributed by atoms with E-state index in [0.29, 0.717) is 25.9 Å². The number of hydrogen-bond donors (Lipinski definition) is 1. The normalized spacial score (nSPS) is 18.3. The van der Waals surface area contributed by atoms with Gasteiger partial charge in [-0.15, -0.1) is 9.60 Å². The zero-order valence-electron chi connectivity index (χ0n) is 9.03. The van der Waals surface area contributed by atoms with Crippen molar-refractivity contribution in [3.05, 3.63) is 30.3 Å². The standard InChI is InChI=1S/C12H15FN2O/c13-15-8-6-10(7-9-15)12(16)14-11-4-2-1-3-5-11/h1-5,10H,6-9H2,(H,14,16). The molecule has 0 unspecified atom stereocenters. The minimum Gasteiger partial charge on any atom is -0.326 e. The Kier molecular flexibility index (Phi) is 3.51. The summed E-state index contributed by atoms with van der Waals surface area (Å²) >= 11 is 0. The summed E-state index contributed by atoms with van der Waals surface area (Å²) in [5, 5.41) is 3.62. The number of piperidine rings is 1. The molecule has 1 N–H and O–H groups in total. The molecule has 1 fully saturated rings. The highest BCUT2D eigenvalue weighted by molar-refractivity contribution is 5.92. The van der Waals surface area contributed by atoms with E-state index in [1.165, 1.54) is 0 Å². The van der Waals surface area contributed by atoms with Crippen LogP contribution in [0.4, 0.5) is 10.2 Å². The first-order chi connectivity index (χ1) is 7.75. The molecule has 86 valence electrons. The second-order valence-corrected chi connectivity index (χ2v) is 4.04. The quantitative estimate of drug-likeness (QED) is 0.778. The van der Waals surface area contributed by atoms with Crippen molar-refractivity contribution >= 4 is 11.6 Å². The van der Waals surface area contributed by atoms with Gasteiger partial charge in [-0.3, -0.25) is 4.79 Å². The molecule has 4 heteroatoms. The Morgan fingerprint density at radius 2 is 1.88 bits per heavy atom. The monoisotopic (exact) mass is 222 g/mol. The number of benzene rings is 1. The molecule has 0 saturated carbocycles. The van der Waals surface area contributed by atoms with E-state index in [-0.39, 0.29) is 11.8 Å². The summed E-state index contributed by atoms with van der Waals surface area (Å²) in [7, 11) is 0. The van der Waals surface area contributed by atoms with Crippen molar-refractivity contribution in [1.82, 2.24) is 5.12 Å². The molecule has 1 amide bonds. The lowest BCUT2D eigenvalue weighted by Crippen LogP contribution is -2.34. The van der Waals surface area contributed by atoms with Gasteiger partial charge in [0.2, 0.25) is 5.91 Å². The minimum atomic E-state index is -0.0628. The maximum absolute atomic E-state index is 12.7. The van der Waals surface area contributed by atoms with Gasteiger partial charge in [0.05, 0.1) is 0 Å². The highest BCUT2D eigenvalue weighted by Gasteiger charge is 2.24. The van der Waals surface area contributed by atoms with Gasteiger partial charge in [-0.1, -0.05) is 18.2 Å². The molecule has 1 saturated heterocycles. The van der Waals surface area contributed by atoms with Crippen LogP contribution < -0.4 is 5.32 Å². The zero-order chi connectivity index (χ0) is 11.4. The second-order valence-electron chi connectivity index (χ2n) is 4.04. The summed E-state index contributed by atoms with van der Waals surface area (Å²) in [5.41, 5.74) is 0.801. The molecule has 0 atom stereocenters. The summed E-state index contributed by atoms with van der Waals surface area (Å²) in [5.74, 6) is -0.0634. The number of carbonyl (C=O) groups excluding carboxylic acids is 1. The molecule has 1 heterocycles. The third kappa shape index (κ3) is 2.79. The van der Waals surface area contributed by atoms with Crippen LogP contribution in [-0.4, -0.2) is 24.1 Å². The van der Waals surface area contributed by atoms with E-state index in [1.54, 1.807) is 0 Å². The van der Waals surface area contributed by atoms with Crippen LogP contribution >= 0.6 is 0 Å². The fourth-order valence-electron chi connectivity index (χ4n) is 1.88. The van der Waals surface area contributed by atoms with Crippen molar-refractivity contribution in [3.63, 3.8) is 0 Å². The number of amides is 1. The van der Waals surface area contributed by atoms with Crippen LogP contribution in [0.15, 0.2) is 30.3 Å². The van der Waals surface area contributed by atoms with E-state index in [1.807, 2.05) is 30.3 Å². The van der Waals surface area contributed by atoms with Crippen LogP contribution in [0.3, 0.4) is 0 Å². The van der Waals surface area contributed by atoms with E-state index in [4.69, 9.17) is 0 Å². The Labute approximate surface area is 94.2 Å². The van der Waals surface area contributed by atoms with E-state index in [2.05, 4.69) is 5.32 Å². The van der Waals surface area contributed by atoms with Crippen LogP contribution in [0, 0.1) is 5.92 Å². The average Bonchev–Trinajstić information content (AvgIpc) is 2.31. The number of carbonyl (C=O) groups is 1. The van der Waals surface area contributed by atoms with Crippen LogP contribution in [0.25, 0.3) is 0 Å². The SMILES string of the molecule is O=C(Nc1ccccc1)C1CCN(F)CC1. The van der Waals surface area contributed by atoms with Gasteiger partial charge in [0.25, 0.3) is 0 Å². The molecule has 3 nitrogen and oxygen atoms in total. The molecule has 0 radical (unpaired) electrons. The third-order valence-electron chi connectivity index (χ3n) is 2.85. The van der Waals surface area contributed by atoms with Crippen LogP contribution in [0.1, 0.15) is 12.8 Å². The highest BCUT2D eigenvalue weighted by Crippen LogP contribution is 2.19. The number of para-hydroxylation sites is 1. The van der Waals surface area contributed by atoms with E-state index in [9.17, 15) is 9.28 Å². The number of halogens is 1. The van der Waals surface area contributed by atoms with Crippen molar-refractivity contribution in [3.8, 4) is 0 Å². The summed E-state index contributed by atoms with van der Waals surface area (Å²) in [6.45, 7) is 0.708. The van der Waals surface area contributed by atoms with Crippen molar-refractivity contribution < 1.29 is 9.28 Å². The van der Waals surface area contributed by atoms with Crippen molar-refractivity contribution in [2.75, 3.05) is 18.4 Å². The van der Waals surface area contributed by atoms with Gasteiger partial charge in [0.1, 0.15) is 0 Å². The molecule has 16 heavy (non-hydrogen) atoms. The Morgan fingerprint density at radius 3 is 2.50 bits per heavy atom. The Morgan fingerprint density at radius 1 is 1.25 bits per heavy atom. The molecule has 0 spiro atoms. The predicted molar refractivity (Wildman–Crippen MR) is 60.5 cm³/mol. The van der Waals surface area contributed by atoms with Crippen LogP contribution in [0.2, 0.25) is 0 Å². The molecule has 2 rings (SSSR count). The molecule has 0 aliphatic carbocycles. The van der Waals surface area contributed by atoms with Gasteiger partial charge < -0.3 is 5.32 Å². The predicted octanol–water partition coefficient (Wildman–Crippen LogP) is 2.22. The van der Waals surface area contributed by atoms with Crippen molar-refractivity contribution in [2.45, 2.75) is 12.8 Å². The van der Waals surface area contributed by atoms with Gasteiger partial charge in [-0.05, 0) is 25.0 Å². The fraction of sp³-hybridized carbons (Fsp3) is 0.417. The van der Waals surface area contributed by atoms with Crippen LogP contribution in [-0.2, 0) is 4.79 Å². The smallest absolute Gasteiger partial charge is 0.227 e. The van der Waals surface area contributed by atoms with Crippen molar-refractivity contribution in [2.24, 2.45) is 5.92 Å². The Balaban J connectivity index is 1.89. The van der Waals surface area contributed by atoms with E-state index >= 15 is 0 Å². The van der Waals surface area contributed by atoms with Gasteiger partial charge >= 0.3 is 0 Å². The maximum Gasteiger partial charge on any atom is 0.227 e. The molecule has 0 bridgehead atoms. The Bertz CT molecular complexity index is 347. The number of hydrogen-bond acceptors (Lipinski definition) is 2. The van der Waals surface area contributed by atoms with Gasteiger partial charge in [-0.2, -0.15) is 0 Å². The first kappa shape index (κ1) is 11.1. The molecular weight excluding hydrogens is 207 g/mol. The maximum atomic E-state index is 12.7. The molecule has 1 aliphatic rings. The molecule has 1 aliphatic heterocycles. The summed E-state index contributed by atoms with van der Waals surface area (Å²) in [6, 6.07) is 9.35. The first-order valence-electron chi connectivity index (χ1n) is 5.52. The molecular formula is C12H15FN2O.